The Morgan fingerprint density at radius 2 is 2.15 bits per heavy atom. The molecule has 4 nitrogen and oxygen atoms in total. The highest BCUT2D eigenvalue weighted by Crippen LogP contribution is 2.32. The molecule has 1 aliphatic carbocycles. The molecule has 0 amide bonds. The molecule has 2 heterocycles. The second kappa shape index (κ2) is 5.40. The predicted octanol–water partition coefficient (Wildman–Crippen LogP) is 2.42. The van der Waals surface area contributed by atoms with Crippen molar-refractivity contribution in [2.45, 2.75) is 55.9 Å². The molecule has 2 aliphatic rings. The zero-order chi connectivity index (χ0) is 14.3. The highest BCUT2D eigenvalue weighted by atomic mass is 32.2. The summed E-state index contributed by atoms with van der Waals surface area (Å²) in [5, 5.41) is 5.39. The average Bonchev–Trinajstić information content (AvgIpc) is 2.96. The van der Waals surface area contributed by atoms with Gasteiger partial charge in [0, 0.05) is 25.2 Å². The second-order valence-corrected chi connectivity index (χ2v) is 9.22. The molecule has 0 bridgehead atoms. The van der Waals surface area contributed by atoms with Crippen molar-refractivity contribution in [1.82, 2.24) is 9.62 Å². The van der Waals surface area contributed by atoms with Gasteiger partial charge in [-0.05, 0) is 49.1 Å². The maximum Gasteiger partial charge on any atom is 0.252 e. The molecule has 1 aromatic heterocycles. The summed E-state index contributed by atoms with van der Waals surface area (Å²) in [5.74, 6) is 0.454. The fourth-order valence-corrected chi connectivity index (χ4v) is 5.94. The lowest BCUT2D eigenvalue weighted by Gasteiger charge is -2.19. The largest absolute Gasteiger partial charge is 0.310 e. The van der Waals surface area contributed by atoms with Crippen LogP contribution in [0, 0.1) is 5.92 Å². The first kappa shape index (κ1) is 14.5. The molecule has 0 radical (unpaired) electrons. The van der Waals surface area contributed by atoms with E-state index in [1.54, 1.807) is 4.31 Å². The quantitative estimate of drug-likeness (QED) is 0.908. The lowest BCUT2D eigenvalue weighted by Crippen LogP contribution is -2.33. The van der Waals surface area contributed by atoms with Crippen LogP contribution >= 0.6 is 11.3 Å². The molecule has 2 unspecified atom stereocenters. The van der Waals surface area contributed by atoms with Gasteiger partial charge in [-0.1, -0.05) is 6.92 Å². The van der Waals surface area contributed by atoms with Crippen molar-refractivity contribution in [2.24, 2.45) is 5.92 Å². The standard InChI is InChI=1S/C14H22N2O2S2/c1-10-5-11(2)16(8-10)20(17,18)14-6-12(9-19-14)7-15-13-3-4-13/h6,9-11,13,15H,3-5,7-8H2,1-2H3. The van der Waals surface area contributed by atoms with Crippen LogP contribution in [-0.4, -0.2) is 31.4 Å². The number of nitrogens with zero attached hydrogens (tertiary/aromatic N) is 1. The van der Waals surface area contributed by atoms with E-state index in [0.29, 0.717) is 22.7 Å². The first-order chi connectivity index (χ1) is 9.46. The monoisotopic (exact) mass is 314 g/mol. The van der Waals surface area contributed by atoms with Crippen molar-refractivity contribution in [2.75, 3.05) is 6.54 Å². The Balaban J connectivity index is 1.73. The number of hydrogen-bond acceptors (Lipinski definition) is 4. The Labute approximate surface area is 125 Å². The molecule has 1 N–H and O–H groups in total. The van der Waals surface area contributed by atoms with E-state index in [2.05, 4.69) is 12.2 Å². The van der Waals surface area contributed by atoms with Gasteiger partial charge in [0.05, 0.1) is 0 Å². The van der Waals surface area contributed by atoms with E-state index in [9.17, 15) is 8.42 Å². The molecule has 1 saturated carbocycles. The van der Waals surface area contributed by atoms with Crippen molar-refractivity contribution in [3.63, 3.8) is 0 Å². The van der Waals surface area contributed by atoms with Gasteiger partial charge in [0.15, 0.2) is 0 Å². The average molecular weight is 314 g/mol. The summed E-state index contributed by atoms with van der Waals surface area (Å²) >= 11 is 1.35. The predicted molar refractivity (Wildman–Crippen MR) is 81.3 cm³/mol. The summed E-state index contributed by atoms with van der Waals surface area (Å²) in [6, 6.07) is 2.60. The first-order valence-electron chi connectivity index (χ1n) is 7.29. The van der Waals surface area contributed by atoms with Crippen molar-refractivity contribution in [3.8, 4) is 0 Å². The van der Waals surface area contributed by atoms with Crippen LogP contribution in [0.1, 0.15) is 38.7 Å². The number of hydrogen-bond donors (Lipinski definition) is 1. The molecule has 3 rings (SSSR count). The maximum absolute atomic E-state index is 12.7. The Bertz CT molecular complexity index is 578. The van der Waals surface area contributed by atoms with Gasteiger partial charge in [0.2, 0.25) is 0 Å². The fourth-order valence-electron chi connectivity index (χ4n) is 2.84. The molecular formula is C14H22N2O2S2. The first-order valence-corrected chi connectivity index (χ1v) is 9.61. The van der Waals surface area contributed by atoms with E-state index in [1.165, 1.54) is 24.2 Å². The Kier molecular flexibility index (Phi) is 3.92. The molecule has 2 atom stereocenters. The Morgan fingerprint density at radius 1 is 1.40 bits per heavy atom. The molecule has 112 valence electrons. The molecule has 0 spiro atoms. The van der Waals surface area contributed by atoms with Gasteiger partial charge >= 0.3 is 0 Å². The minimum absolute atomic E-state index is 0.116. The van der Waals surface area contributed by atoms with E-state index in [-0.39, 0.29) is 6.04 Å². The number of nitrogens with one attached hydrogen (secondary N) is 1. The molecule has 1 aromatic rings. The molecule has 6 heteroatoms. The third kappa shape index (κ3) is 2.93. The summed E-state index contributed by atoms with van der Waals surface area (Å²) < 4.78 is 27.5. The minimum atomic E-state index is -3.30. The fraction of sp³-hybridized carbons (Fsp3) is 0.714. The van der Waals surface area contributed by atoms with E-state index in [0.717, 1.165) is 18.5 Å². The van der Waals surface area contributed by atoms with Gasteiger partial charge in [-0.25, -0.2) is 8.42 Å². The van der Waals surface area contributed by atoms with Crippen LogP contribution < -0.4 is 5.32 Å². The normalized spacial score (nSPS) is 28.1. The van der Waals surface area contributed by atoms with Gasteiger partial charge < -0.3 is 5.32 Å². The van der Waals surface area contributed by atoms with Crippen LogP contribution in [0.15, 0.2) is 15.7 Å². The number of rotatable bonds is 5. The zero-order valence-corrected chi connectivity index (χ0v) is 13.6. The minimum Gasteiger partial charge on any atom is -0.310 e. The van der Waals surface area contributed by atoms with Gasteiger partial charge in [0.25, 0.3) is 10.0 Å². The van der Waals surface area contributed by atoms with E-state index >= 15 is 0 Å². The SMILES string of the molecule is CC1CC(C)N(S(=O)(=O)c2cc(CNC3CC3)cs2)C1. The van der Waals surface area contributed by atoms with Gasteiger partial charge in [-0.15, -0.1) is 11.3 Å². The molecule has 1 aliphatic heterocycles. The van der Waals surface area contributed by atoms with Crippen molar-refractivity contribution in [3.05, 3.63) is 17.0 Å². The lowest BCUT2D eigenvalue weighted by molar-refractivity contribution is 0.407. The van der Waals surface area contributed by atoms with Crippen LogP contribution in [-0.2, 0) is 16.6 Å². The van der Waals surface area contributed by atoms with Crippen LogP contribution in [0.3, 0.4) is 0 Å². The van der Waals surface area contributed by atoms with Crippen LogP contribution in [0.25, 0.3) is 0 Å². The number of sulfonamides is 1. The van der Waals surface area contributed by atoms with E-state index in [1.807, 2.05) is 18.4 Å². The summed E-state index contributed by atoms with van der Waals surface area (Å²) in [6.45, 7) is 5.55. The summed E-state index contributed by atoms with van der Waals surface area (Å²) in [6.07, 6.45) is 3.46. The highest BCUT2D eigenvalue weighted by molar-refractivity contribution is 7.91. The molecule has 0 aromatic carbocycles. The van der Waals surface area contributed by atoms with E-state index < -0.39 is 10.0 Å². The van der Waals surface area contributed by atoms with Crippen molar-refractivity contribution < 1.29 is 8.42 Å². The zero-order valence-electron chi connectivity index (χ0n) is 12.0. The topological polar surface area (TPSA) is 49.4 Å². The second-order valence-electron chi connectivity index (χ2n) is 6.19. The third-order valence-electron chi connectivity index (χ3n) is 4.09. The van der Waals surface area contributed by atoms with Crippen LogP contribution in [0.2, 0.25) is 0 Å². The van der Waals surface area contributed by atoms with E-state index in [4.69, 9.17) is 0 Å². The molecule has 20 heavy (non-hydrogen) atoms. The molecule has 1 saturated heterocycles. The van der Waals surface area contributed by atoms with Crippen molar-refractivity contribution in [1.29, 1.82) is 0 Å². The third-order valence-corrected chi connectivity index (χ3v) is 7.54. The van der Waals surface area contributed by atoms with Crippen LogP contribution in [0.4, 0.5) is 0 Å². The summed E-state index contributed by atoms with van der Waals surface area (Å²) in [4.78, 5) is 0. The molecular weight excluding hydrogens is 292 g/mol. The van der Waals surface area contributed by atoms with Gasteiger partial charge in [-0.3, -0.25) is 0 Å². The number of thiophene rings is 1. The lowest BCUT2D eigenvalue weighted by atomic mass is 10.1. The molecule has 2 fully saturated rings. The Hall–Kier alpha value is -0.430. The maximum atomic E-state index is 12.7. The summed E-state index contributed by atoms with van der Waals surface area (Å²) in [7, 11) is -3.30. The van der Waals surface area contributed by atoms with Gasteiger partial charge in [-0.2, -0.15) is 4.31 Å². The van der Waals surface area contributed by atoms with Gasteiger partial charge in [0.1, 0.15) is 4.21 Å². The van der Waals surface area contributed by atoms with Crippen LogP contribution in [0.5, 0.6) is 0 Å². The smallest absolute Gasteiger partial charge is 0.252 e. The highest BCUT2D eigenvalue weighted by Gasteiger charge is 2.36. The Morgan fingerprint density at radius 3 is 2.75 bits per heavy atom. The summed E-state index contributed by atoms with van der Waals surface area (Å²) in [5.41, 5.74) is 1.08. The van der Waals surface area contributed by atoms with Crippen molar-refractivity contribution >= 4 is 21.4 Å².